The zero-order chi connectivity index (χ0) is 18.3. The summed E-state index contributed by atoms with van der Waals surface area (Å²) in [5, 5.41) is 3.02. The number of guanidine groups is 1. The van der Waals surface area contributed by atoms with Gasteiger partial charge in [0, 0.05) is 61.3 Å². The first kappa shape index (κ1) is 23.4. The van der Waals surface area contributed by atoms with Crippen molar-refractivity contribution in [3.05, 3.63) is 0 Å². The molecule has 3 amide bonds. The molecule has 0 spiro atoms. The van der Waals surface area contributed by atoms with E-state index in [1.54, 1.807) is 40.0 Å². The van der Waals surface area contributed by atoms with E-state index in [2.05, 4.69) is 10.3 Å². The summed E-state index contributed by atoms with van der Waals surface area (Å²) in [6.45, 7) is 4.08. The van der Waals surface area contributed by atoms with E-state index in [1.807, 2.05) is 4.90 Å². The van der Waals surface area contributed by atoms with Gasteiger partial charge in [-0.1, -0.05) is 0 Å². The van der Waals surface area contributed by atoms with Crippen molar-refractivity contribution in [2.24, 2.45) is 4.99 Å². The smallest absolute Gasteiger partial charge is 0.243 e. The third-order valence-electron chi connectivity index (χ3n) is 3.78. The Labute approximate surface area is 166 Å². The number of carbonyl (C=O) groups excluding carboxylic acids is 3. The molecule has 1 N–H and O–H groups in total. The zero-order valence-corrected chi connectivity index (χ0v) is 17.9. The van der Waals surface area contributed by atoms with Gasteiger partial charge in [-0.25, -0.2) is 4.99 Å². The highest BCUT2D eigenvalue weighted by atomic mass is 127. The summed E-state index contributed by atoms with van der Waals surface area (Å²) in [4.78, 5) is 46.0. The van der Waals surface area contributed by atoms with Crippen molar-refractivity contribution in [3.8, 4) is 0 Å². The van der Waals surface area contributed by atoms with Crippen LogP contribution in [-0.2, 0) is 14.4 Å². The van der Waals surface area contributed by atoms with Crippen LogP contribution >= 0.6 is 24.0 Å². The van der Waals surface area contributed by atoms with E-state index in [9.17, 15) is 14.4 Å². The van der Waals surface area contributed by atoms with Crippen LogP contribution in [-0.4, -0.2) is 111 Å². The van der Waals surface area contributed by atoms with Crippen LogP contribution < -0.4 is 5.32 Å². The van der Waals surface area contributed by atoms with Gasteiger partial charge in [-0.05, 0) is 0 Å². The first-order valence-corrected chi connectivity index (χ1v) is 7.91. The van der Waals surface area contributed by atoms with Gasteiger partial charge in [0.15, 0.2) is 5.96 Å². The number of hydrogen-bond donors (Lipinski definition) is 1. The molecule has 0 atom stereocenters. The first-order valence-electron chi connectivity index (χ1n) is 7.91. The van der Waals surface area contributed by atoms with Gasteiger partial charge in [0.25, 0.3) is 0 Å². The molecule has 25 heavy (non-hydrogen) atoms. The third-order valence-corrected chi connectivity index (χ3v) is 3.78. The van der Waals surface area contributed by atoms with Crippen molar-refractivity contribution >= 4 is 47.7 Å². The van der Waals surface area contributed by atoms with E-state index in [1.165, 1.54) is 9.80 Å². The number of nitrogens with one attached hydrogen (secondary N) is 1. The highest BCUT2D eigenvalue weighted by Crippen LogP contribution is 2.03. The van der Waals surface area contributed by atoms with E-state index in [0.717, 1.165) is 0 Å². The van der Waals surface area contributed by atoms with Gasteiger partial charge in [0.2, 0.25) is 17.7 Å². The van der Waals surface area contributed by atoms with Gasteiger partial charge in [-0.3, -0.25) is 14.4 Å². The maximum atomic E-state index is 11.8. The average Bonchev–Trinajstić information content (AvgIpc) is 2.54. The number of amides is 3. The minimum Gasteiger partial charge on any atom is -0.347 e. The van der Waals surface area contributed by atoms with Gasteiger partial charge >= 0.3 is 0 Å². The van der Waals surface area contributed by atoms with Crippen LogP contribution in [0, 0.1) is 0 Å². The van der Waals surface area contributed by atoms with E-state index < -0.39 is 0 Å². The van der Waals surface area contributed by atoms with Gasteiger partial charge in [-0.15, -0.1) is 24.0 Å². The Hall–Kier alpha value is -1.59. The molecule has 0 bridgehead atoms. The number of rotatable bonds is 4. The standard InChI is InChI=1S/C15H28N6O3.HI/c1-12(22)20-6-8-21(9-7-20)15(16-10-13(23)18(2)3)17-11-14(24)19(4)5;/h6-11H2,1-5H3,(H,16,17);1H. The second-order valence-corrected chi connectivity index (χ2v) is 6.06. The van der Waals surface area contributed by atoms with Crippen LogP contribution in [0.2, 0.25) is 0 Å². The van der Waals surface area contributed by atoms with Crippen molar-refractivity contribution in [2.75, 3.05) is 67.5 Å². The fourth-order valence-corrected chi connectivity index (χ4v) is 2.10. The number of halogens is 1. The molecule has 1 rings (SSSR count). The summed E-state index contributed by atoms with van der Waals surface area (Å²) in [7, 11) is 6.71. The molecule has 0 saturated carbocycles. The Morgan fingerprint density at radius 1 is 0.920 bits per heavy atom. The minimum atomic E-state index is -0.115. The van der Waals surface area contributed by atoms with Gasteiger partial charge in [0.1, 0.15) is 6.54 Å². The molecular formula is C15H29IN6O3. The molecule has 10 heteroatoms. The third kappa shape index (κ3) is 7.88. The molecule has 1 saturated heterocycles. The molecule has 1 fully saturated rings. The van der Waals surface area contributed by atoms with Crippen molar-refractivity contribution < 1.29 is 14.4 Å². The lowest BCUT2D eigenvalue weighted by Gasteiger charge is -2.36. The fraction of sp³-hybridized carbons (Fsp3) is 0.733. The van der Waals surface area contributed by atoms with Crippen LogP contribution in [0.15, 0.2) is 4.99 Å². The predicted octanol–water partition coefficient (Wildman–Crippen LogP) is -1.11. The fourth-order valence-electron chi connectivity index (χ4n) is 2.10. The van der Waals surface area contributed by atoms with Gasteiger partial charge in [-0.2, -0.15) is 0 Å². The molecule has 0 unspecified atom stereocenters. The SMILES string of the molecule is CC(=O)N1CCN(C(=NCC(=O)N(C)C)NCC(=O)N(C)C)CC1.I. The zero-order valence-electron chi connectivity index (χ0n) is 15.6. The molecule has 0 aliphatic carbocycles. The Bertz CT molecular complexity index is 501. The number of piperazine rings is 1. The van der Waals surface area contributed by atoms with E-state index in [-0.39, 0.29) is 54.8 Å². The molecule has 144 valence electrons. The van der Waals surface area contributed by atoms with Crippen molar-refractivity contribution in [3.63, 3.8) is 0 Å². The van der Waals surface area contributed by atoms with Crippen LogP contribution in [0.5, 0.6) is 0 Å². The Morgan fingerprint density at radius 2 is 1.40 bits per heavy atom. The van der Waals surface area contributed by atoms with Crippen molar-refractivity contribution in [1.82, 2.24) is 24.9 Å². The van der Waals surface area contributed by atoms with Crippen molar-refractivity contribution in [1.29, 1.82) is 0 Å². The topological polar surface area (TPSA) is 88.6 Å². The monoisotopic (exact) mass is 468 g/mol. The highest BCUT2D eigenvalue weighted by molar-refractivity contribution is 14.0. The van der Waals surface area contributed by atoms with Crippen LogP contribution in [0.25, 0.3) is 0 Å². The number of carbonyl (C=O) groups is 3. The largest absolute Gasteiger partial charge is 0.347 e. The summed E-state index contributed by atoms with van der Waals surface area (Å²) in [5.41, 5.74) is 0. The quantitative estimate of drug-likeness (QED) is 0.321. The molecule has 1 aliphatic heterocycles. The average molecular weight is 468 g/mol. The summed E-state index contributed by atoms with van der Waals surface area (Å²) in [6, 6.07) is 0. The lowest BCUT2D eigenvalue weighted by molar-refractivity contribution is -0.130. The molecule has 0 radical (unpaired) electrons. The molecule has 0 aromatic carbocycles. The molecule has 0 aromatic heterocycles. The van der Waals surface area contributed by atoms with Gasteiger partial charge < -0.3 is 24.9 Å². The second kappa shape index (κ2) is 11.1. The Kier molecular flexibility index (Phi) is 10.4. The van der Waals surface area contributed by atoms with E-state index in [4.69, 9.17) is 0 Å². The molecule has 1 aliphatic rings. The maximum Gasteiger partial charge on any atom is 0.243 e. The normalized spacial score (nSPS) is 14.5. The summed E-state index contributed by atoms with van der Waals surface area (Å²) in [5.74, 6) is 0.370. The number of hydrogen-bond acceptors (Lipinski definition) is 4. The van der Waals surface area contributed by atoms with E-state index >= 15 is 0 Å². The molecule has 0 aromatic rings. The summed E-state index contributed by atoms with van der Waals surface area (Å²) >= 11 is 0. The minimum absolute atomic E-state index is 0. The Morgan fingerprint density at radius 3 is 1.84 bits per heavy atom. The summed E-state index contributed by atoms with van der Waals surface area (Å²) < 4.78 is 0. The number of likely N-dealkylation sites (N-methyl/N-ethyl adjacent to an activating group) is 2. The predicted molar refractivity (Wildman–Crippen MR) is 107 cm³/mol. The Balaban J connectivity index is 0.00000576. The maximum absolute atomic E-state index is 11.8. The van der Waals surface area contributed by atoms with Crippen LogP contribution in [0.3, 0.4) is 0 Å². The number of nitrogens with zero attached hydrogens (tertiary/aromatic N) is 5. The molecule has 9 nitrogen and oxygen atoms in total. The van der Waals surface area contributed by atoms with Crippen LogP contribution in [0.1, 0.15) is 6.92 Å². The number of aliphatic imine (C=N–C) groups is 1. The van der Waals surface area contributed by atoms with Crippen LogP contribution in [0.4, 0.5) is 0 Å². The van der Waals surface area contributed by atoms with Crippen molar-refractivity contribution in [2.45, 2.75) is 6.92 Å². The summed E-state index contributed by atoms with van der Waals surface area (Å²) in [6.07, 6.45) is 0. The lowest BCUT2D eigenvalue weighted by Crippen LogP contribution is -2.54. The second-order valence-electron chi connectivity index (χ2n) is 6.06. The van der Waals surface area contributed by atoms with E-state index in [0.29, 0.717) is 32.1 Å². The van der Waals surface area contributed by atoms with Gasteiger partial charge in [0.05, 0.1) is 6.54 Å². The lowest BCUT2D eigenvalue weighted by atomic mass is 10.3. The molecular weight excluding hydrogens is 439 g/mol. The highest BCUT2D eigenvalue weighted by Gasteiger charge is 2.22. The molecule has 1 heterocycles. The first-order chi connectivity index (χ1) is 11.2.